The number of halogens is 1. The molecule has 102 valence electrons. The minimum absolute atomic E-state index is 0. The Balaban J connectivity index is 0.00000256. The van der Waals surface area contributed by atoms with Crippen LogP contribution in [0.5, 0.6) is 0 Å². The molecule has 4 heteroatoms. The second-order valence-electron chi connectivity index (χ2n) is 6.91. The molecule has 17 heavy (non-hydrogen) atoms. The third kappa shape index (κ3) is 5.26. The van der Waals surface area contributed by atoms with E-state index in [1.165, 1.54) is 6.42 Å². The van der Waals surface area contributed by atoms with Gasteiger partial charge in [0.2, 0.25) is 5.91 Å². The number of hydrogen-bond donors (Lipinski definition) is 2. The van der Waals surface area contributed by atoms with Crippen LogP contribution >= 0.6 is 12.4 Å². The Labute approximate surface area is 111 Å². The van der Waals surface area contributed by atoms with Crippen LogP contribution in [0.3, 0.4) is 0 Å². The van der Waals surface area contributed by atoms with Crippen molar-refractivity contribution in [2.24, 2.45) is 16.6 Å². The highest BCUT2D eigenvalue weighted by Gasteiger charge is 2.38. The van der Waals surface area contributed by atoms with E-state index in [9.17, 15) is 4.79 Å². The van der Waals surface area contributed by atoms with Gasteiger partial charge in [0.15, 0.2) is 0 Å². The normalized spacial score (nSPS) is 24.6. The first kappa shape index (κ1) is 16.7. The van der Waals surface area contributed by atoms with Crippen molar-refractivity contribution in [1.29, 1.82) is 0 Å². The van der Waals surface area contributed by atoms with E-state index in [0.717, 1.165) is 12.8 Å². The summed E-state index contributed by atoms with van der Waals surface area (Å²) in [5.74, 6) is -0.0292. The van der Waals surface area contributed by atoms with Crippen molar-refractivity contribution >= 4 is 18.3 Å². The minimum Gasteiger partial charge on any atom is -0.352 e. The average molecular weight is 263 g/mol. The molecule has 0 aromatic heterocycles. The number of amides is 1. The molecule has 1 atom stereocenters. The largest absolute Gasteiger partial charge is 0.352 e. The molecule has 3 N–H and O–H groups in total. The number of carbonyl (C=O) groups is 1. The van der Waals surface area contributed by atoms with Gasteiger partial charge in [-0.2, -0.15) is 0 Å². The molecule has 0 unspecified atom stereocenters. The topological polar surface area (TPSA) is 55.1 Å². The standard InChI is InChI=1S/C13H26N2O.ClH/c1-9(14)11(16)15-10-6-12(2,3)8-13(4,5)7-10;/h9-10H,6-8,14H2,1-5H3,(H,15,16);1H/t9-;/m0./s1. The molecule has 1 amide bonds. The van der Waals surface area contributed by atoms with Crippen LogP contribution in [0.4, 0.5) is 0 Å². The lowest BCUT2D eigenvalue weighted by Gasteiger charge is -2.45. The molecule has 0 aromatic carbocycles. The van der Waals surface area contributed by atoms with E-state index < -0.39 is 6.04 Å². The predicted molar refractivity (Wildman–Crippen MR) is 74.2 cm³/mol. The molecule has 1 rings (SSSR count). The van der Waals surface area contributed by atoms with Crippen molar-refractivity contribution in [2.45, 2.75) is 66.0 Å². The second kappa shape index (κ2) is 5.57. The van der Waals surface area contributed by atoms with Crippen LogP contribution in [0.1, 0.15) is 53.9 Å². The van der Waals surface area contributed by atoms with Crippen LogP contribution < -0.4 is 11.1 Å². The van der Waals surface area contributed by atoms with E-state index in [1.807, 2.05) is 0 Å². The zero-order chi connectivity index (χ0) is 12.6. The van der Waals surface area contributed by atoms with Crippen molar-refractivity contribution in [1.82, 2.24) is 5.32 Å². The first-order valence-electron chi connectivity index (χ1n) is 6.17. The minimum atomic E-state index is -0.409. The van der Waals surface area contributed by atoms with E-state index in [-0.39, 0.29) is 24.4 Å². The summed E-state index contributed by atoms with van der Waals surface area (Å²) in [7, 11) is 0. The van der Waals surface area contributed by atoms with E-state index in [4.69, 9.17) is 5.73 Å². The van der Waals surface area contributed by atoms with Gasteiger partial charge in [-0.1, -0.05) is 27.7 Å². The third-order valence-electron chi connectivity index (χ3n) is 3.32. The maximum absolute atomic E-state index is 11.6. The van der Waals surface area contributed by atoms with Crippen LogP contribution in [0, 0.1) is 10.8 Å². The van der Waals surface area contributed by atoms with Gasteiger partial charge in [-0.05, 0) is 37.0 Å². The molecule has 0 saturated heterocycles. The van der Waals surface area contributed by atoms with E-state index >= 15 is 0 Å². The summed E-state index contributed by atoms with van der Waals surface area (Å²) >= 11 is 0. The molecule has 0 aromatic rings. The highest BCUT2D eigenvalue weighted by atomic mass is 35.5. The SMILES string of the molecule is C[C@H](N)C(=O)NC1CC(C)(C)CC(C)(C)C1.Cl. The van der Waals surface area contributed by atoms with Gasteiger partial charge in [-0.25, -0.2) is 0 Å². The number of rotatable bonds is 2. The highest BCUT2D eigenvalue weighted by Crippen LogP contribution is 2.45. The fraction of sp³-hybridized carbons (Fsp3) is 0.923. The molecule has 1 aliphatic rings. The molecule has 0 spiro atoms. The van der Waals surface area contributed by atoms with Crippen molar-refractivity contribution in [3.8, 4) is 0 Å². The van der Waals surface area contributed by atoms with Crippen molar-refractivity contribution in [3.63, 3.8) is 0 Å². The molecule has 0 heterocycles. The van der Waals surface area contributed by atoms with E-state index in [1.54, 1.807) is 6.92 Å². The van der Waals surface area contributed by atoms with E-state index in [2.05, 4.69) is 33.0 Å². The summed E-state index contributed by atoms with van der Waals surface area (Å²) in [6, 6.07) is -0.134. The Morgan fingerprint density at radius 1 is 1.24 bits per heavy atom. The van der Waals surface area contributed by atoms with Crippen LogP contribution in [0.25, 0.3) is 0 Å². The molecule has 0 aliphatic heterocycles. The quantitative estimate of drug-likeness (QED) is 0.803. The lowest BCUT2D eigenvalue weighted by Crippen LogP contribution is -2.49. The Kier molecular flexibility index (Phi) is 5.48. The fourth-order valence-electron chi connectivity index (χ4n) is 3.28. The smallest absolute Gasteiger partial charge is 0.236 e. The van der Waals surface area contributed by atoms with Gasteiger partial charge in [0.1, 0.15) is 0 Å². The summed E-state index contributed by atoms with van der Waals surface area (Å²) in [6.07, 6.45) is 3.31. The highest BCUT2D eigenvalue weighted by molar-refractivity contribution is 5.85. The van der Waals surface area contributed by atoms with Crippen molar-refractivity contribution < 1.29 is 4.79 Å². The van der Waals surface area contributed by atoms with Crippen LogP contribution in [-0.4, -0.2) is 18.0 Å². The molecule has 1 fully saturated rings. The first-order chi connectivity index (χ1) is 7.11. The zero-order valence-electron chi connectivity index (χ0n) is 11.7. The van der Waals surface area contributed by atoms with Gasteiger partial charge in [0.05, 0.1) is 6.04 Å². The molecule has 1 aliphatic carbocycles. The molecule has 1 saturated carbocycles. The molecule has 0 radical (unpaired) electrons. The van der Waals surface area contributed by atoms with Crippen LogP contribution in [0.15, 0.2) is 0 Å². The predicted octanol–water partition coefficient (Wildman–Crippen LogP) is 2.48. The Morgan fingerprint density at radius 3 is 2.00 bits per heavy atom. The van der Waals surface area contributed by atoms with Crippen LogP contribution in [-0.2, 0) is 4.79 Å². The Morgan fingerprint density at radius 2 is 1.65 bits per heavy atom. The summed E-state index contributed by atoms with van der Waals surface area (Å²) < 4.78 is 0. The van der Waals surface area contributed by atoms with Gasteiger partial charge in [-0.3, -0.25) is 4.79 Å². The van der Waals surface area contributed by atoms with Gasteiger partial charge in [0.25, 0.3) is 0 Å². The third-order valence-corrected chi connectivity index (χ3v) is 3.32. The van der Waals surface area contributed by atoms with Crippen molar-refractivity contribution in [3.05, 3.63) is 0 Å². The first-order valence-corrected chi connectivity index (χ1v) is 6.17. The number of hydrogen-bond acceptors (Lipinski definition) is 2. The summed E-state index contributed by atoms with van der Waals surface area (Å²) in [5.41, 5.74) is 6.18. The number of carbonyl (C=O) groups excluding carboxylic acids is 1. The molecular formula is C13H27ClN2O. The number of nitrogens with one attached hydrogen (secondary N) is 1. The van der Waals surface area contributed by atoms with Crippen molar-refractivity contribution in [2.75, 3.05) is 0 Å². The summed E-state index contributed by atoms with van der Waals surface area (Å²) in [4.78, 5) is 11.6. The second-order valence-corrected chi connectivity index (χ2v) is 6.91. The van der Waals surface area contributed by atoms with Crippen LogP contribution in [0.2, 0.25) is 0 Å². The van der Waals surface area contributed by atoms with Gasteiger partial charge in [-0.15, -0.1) is 12.4 Å². The lowest BCUT2D eigenvalue weighted by molar-refractivity contribution is -0.123. The molecule has 3 nitrogen and oxygen atoms in total. The summed E-state index contributed by atoms with van der Waals surface area (Å²) in [6.45, 7) is 10.8. The lowest BCUT2D eigenvalue weighted by atomic mass is 9.63. The zero-order valence-corrected chi connectivity index (χ0v) is 12.5. The Bertz CT molecular complexity index is 259. The summed E-state index contributed by atoms with van der Waals surface area (Å²) in [5, 5.41) is 3.07. The van der Waals surface area contributed by atoms with E-state index in [0.29, 0.717) is 10.8 Å². The van der Waals surface area contributed by atoms with Gasteiger partial charge >= 0.3 is 0 Å². The maximum atomic E-state index is 11.6. The monoisotopic (exact) mass is 262 g/mol. The molecule has 0 bridgehead atoms. The Hall–Kier alpha value is -0.280. The number of nitrogens with two attached hydrogens (primary N) is 1. The van der Waals surface area contributed by atoms with Gasteiger partial charge < -0.3 is 11.1 Å². The maximum Gasteiger partial charge on any atom is 0.236 e. The van der Waals surface area contributed by atoms with Gasteiger partial charge in [0, 0.05) is 6.04 Å². The molecular weight excluding hydrogens is 236 g/mol. The fourth-order valence-corrected chi connectivity index (χ4v) is 3.28. The average Bonchev–Trinajstić information content (AvgIpc) is 1.96.